The summed E-state index contributed by atoms with van der Waals surface area (Å²) in [4.78, 5) is 59.0. The highest BCUT2D eigenvalue weighted by atomic mass is 19.1. The number of methoxy groups -OCH3 is 1. The number of aliphatic hydroxyl groups is 1. The highest BCUT2D eigenvalue weighted by Crippen LogP contribution is 2.44. The molecule has 274 valence electrons. The van der Waals surface area contributed by atoms with Crippen molar-refractivity contribution in [3.63, 3.8) is 0 Å². The Morgan fingerprint density at radius 2 is 1.69 bits per heavy atom. The normalized spacial score (nSPS) is 45.3. The third-order valence-electron chi connectivity index (χ3n) is 11.3. The van der Waals surface area contributed by atoms with Gasteiger partial charge in [0.05, 0.1) is 29.9 Å². The van der Waals surface area contributed by atoms with Gasteiger partial charge < -0.3 is 39.0 Å². The zero-order valence-electron chi connectivity index (χ0n) is 30.3. The first kappa shape index (κ1) is 38.6. The lowest BCUT2D eigenvalue weighted by Gasteiger charge is -2.47. The fourth-order valence-corrected chi connectivity index (χ4v) is 8.26. The molecule has 4 aliphatic rings. The Bertz CT molecular complexity index is 1230. The molecule has 4 heterocycles. The summed E-state index contributed by atoms with van der Waals surface area (Å²) in [5.41, 5.74) is -6.08. The van der Waals surface area contributed by atoms with Crippen LogP contribution in [0.15, 0.2) is 0 Å². The zero-order valence-corrected chi connectivity index (χ0v) is 30.3. The summed E-state index contributed by atoms with van der Waals surface area (Å²) < 4.78 is 46.8. The number of nitrogens with zero attached hydrogens (tertiary/aromatic N) is 2. The molecule has 0 aromatic rings. The molecule has 4 aliphatic heterocycles. The zero-order chi connectivity index (χ0) is 36.1. The Morgan fingerprint density at radius 3 is 2.21 bits per heavy atom. The van der Waals surface area contributed by atoms with Crippen molar-refractivity contribution >= 4 is 23.6 Å². The van der Waals surface area contributed by atoms with Gasteiger partial charge in [-0.3, -0.25) is 14.5 Å². The van der Waals surface area contributed by atoms with E-state index in [0.29, 0.717) is 19.5 Å². The molecular weight excluding hydrogens is 629 g/mol. The van der Waals surface area contributed by atoms with Crippen LogP contribution >= 0.6 is 0 Å². The number of ketones is 2. The van der Waals surface area contributed by atoms with Crippen molar-refractivity contribution in [1.82, 2.24) is 15.1 Å². The smallest absolute Gasteiger partial charge is 0.411 e. The molecule has 0 saturated carbocycles. The number of amides is 1. The van der Waals surface area contributed by atoms with E-state index < -0.39 is 83.1 Å². The van der Waals surface area contributed by atoms with Gasteiger partial charge in [-0.1, -0.05) is 27.7 Å². The van der Waals surface area contributed by atoms with E-state index in [4.69, 9.17) is 23.7 Å². The lowest BCUT2D eigenvalue weighted by atomic mass is 9.72. The van der Waals surface area contributed by atoms with E-state index in [1.165, 1.54) is 14.0 Å². The first-order valence-electron chi connectivity index (χ1n) is 17.2. The van der Waals surface area contributed by atoms with Crippen molar-refractivity contribution in [3.8, 4) is 0 Å². The molecule has 2 N–H and O–H groups in total. The minimum absolute atomic E-state index is 0.0261. The number of carbonyl (C=O) groups is 4. The molecule has 4 rings (SSSR count). The number of hydrogen-bond donors (Lipinski definition) is 2. The molecular formula is C34H56FN3O10. The number of halogens is 1. The van der Waals surface area contributed by atoms with E-state index in [0.717, 1.165) is 6.92 Å². The first-order valence-corrected chi connectivity index (χ1v) is 17.2. The molecule has 13 nitrogen and oxygen atoms in total. The third-order valence-corrected chi connectivity index (χ3v) is 11.3. The van der Waals surface area contributed by atoms with Gasteiger partial charge in [-0.05, 0) is 61.1 Å². The number of esters is 1. The van der Waals surface area contributed by atoms with Gasteiger partial charge in [-0.25, -0.2) is 14.0 Å². The largest absolute Gasteiger partial charge is 0.455 e. The molecule has 0 aliphatic carbocycles. The summed E-state index contributed by atoms with van der Waals surface area (Å²) in [5, 5.41) is 14.4. The summed E-state index contributed by atoms with van der Waals surface area (Å²) in [6, 6.07) is -1.46. The molecule has 0 aromatic heterocycles. The number of fused-ring (bicyclic) bond motifs is 1. The van der Waals surface area contributed by atoms with Crippen LogP contribution in [0.2, 0.25) is 0 Å². The average molecular weight is 686 g/mol. The van der Waals surface area contributed by atoms with E-state index >= 15 is 4.39 Å². The standard InChI is InChI=1S/C34H56FN3O10/c1-12-23-34(8)26(38(31(43)48-34)21-15-36-16-21)19(4)24(39)17(2)14-32(6,44-11)28(20(5)27(41)33(7,35)30(42)46-23)47-29-25(40)22(37(9)10)13-18(3)45-29/h17-23,25-26,28-29,36,40H,12-16H2,1-11H3/t17-,18+,19-,20+,22-,23-,25-,26+,28-,29-,32?,33?,34?/m0/s1. The number of likely N-dealkylation sites (N-methyl/N-ethyl adjacent to an activating group) is 1. The van der Waals surface area contributed by atoms with Gasteiger partial charge in [0.2, 0.25) is 0 Å². The molecule has 0 bridgehead atoms. The maximum Gasteiger partial charge on any atom is 0.411 e. The van der Waals surface area contributed by atoms with Crippen molar-refractivity contribution in [2.45, 2.75) is 140 Å². The second-order valence-corrected chi connectivity index (χ2v) is 15.1. The van der Waals surface area contributed by atoms with Crippen molar-refractivity contribution < 1.29 is 52.4 Å². The Balaban J connectivity index is 1.82. The maximum absolute atomic E-state index is 16.6. The van der Waals surface area contributed by atoms with Gasteiger partial charge in [0.1, 0.15) is 18.0 Å². The van der Waals surface area contributed by atoms with Gasteiger partial charge in [-0.2, -0.15) is 0 Å². The summed E-state index contributed by atoms with van der Waals surface area (Å²) in [6.45, 7) is 13.5. The summed E-state index contributed by atoms with van der Waals surface area (Å²) in [5.74, 6) is -5.60. The van der Waals surface area contributed by atoms with Crippen LogP contribution in [0.25, 0.3) is 0 Å². The van der Waals surface area contributed by atoms with Crippen LogP contribution in [0.1, 0.15) is 74.7 Å². The molecule has 4 saturated heterocycles. The van der Waals surface area contributed by atoms with E-state index in [1.54, 1.807) is 39.5 Å². The highest BCUT2D eigenvalue weighted by Gasteiger charge is 2.63. The van der Waals surface area contributed by atoms with Crippen LogP contribution in [0.4, 0.5) is 9.18 Å². The number of alkyl halides is 1. The van der Waals surface area contributed by atoms with Gasteiger partial charge in [-0.15, -0.1) is 0 Å². The van der Waals surface area contributed by atoms with Crippen LogP contribution in [0.3, 0.4) is 0 Å². The number of ether oxygens (including phenoxy) is 5. The maximum atomic E-state index is 16.6. The van der Waals surface area contributed by atoms with Crippen LogP contribution in [0, 0.1) is 17.8 Å². The molecule has 13 atom stereocenters. The van der Waals surface area contributed by atoms with Gasteiger partial charge in [0.25, 0.3) is 5.67 Å². The minimum atomic E-state index is -3.14. The Labute approximate surface area is 283 Å². The lowest BCUT2D eigenvalue weighted by molar-refractivity contribution is -0.295. The van der Waals surface area contributed by atoms with Crippen LogP contribution in [0.5, 0.6) is 0 Å². The summed E-state index contributed by atoms with van der Waals surface area (Å²) in [7, 11) is 5.05. The number of nitrogens with one attached hydrogen (secondary N) is 1. The van der Waals surface area contributed by atoms with E-state index in [2.05, 4.69) is 5.32 Å². The van der Waals surface area contributed by atoms with Crippen LogP contribution in [-0.2, 0) is 38.1 Å². The Kier molecular flexibility index (Phi) is 11.4. The number of aliphatic hydroxyl groups excluding tert-OH is 1. The molecule has 4 fully saturated rings. The Hall–Kier alpha value is -2.23. The van der Waals surface area contributed by atoms with Crippen LogP contribution in [-0.4, -0.2) is 139 Å². The molecule has 48 heavy (non-hydrogen) atoms. The topological polar surface area (TPSA) is 153 Å². The second kappa shape index (κ2) is 14.2. The monoisotopic (exact) mass is 685 g/mol. The number of cyclic esters (lactones) is 1. The number of hydrogen-bond acceptors (Lipinski definition) is 12. The van der Waals surface area contributed by atoms with Crippen molar-refractivity contribution in [2.24, 2.45) is 17.8 Å². The molecule has 14 heteroatoms. The molecule has 1 amide bonds. The van der Waals surface area contributed by atoms with Crippen LogP contribution < -0.4 is 5.32 Å². The predicted octanol–water partition coefficient (Wildman–Crippen LogP) is 2.25. The number of rotatable bonds is 6. The van der Waals surface area contributed by atoms with Gasteiger partial charge in [0.15, 0.2) is 17.7 Å². The predicted molar refractivity (Wildman–Crippen MR) is 172 cm³/mol. The number of Topliss-reactive ketones (excluding diaryl/α,β-unsaturated/α-hetero) is 2. The van der Waals surface area contributed by atoms with Crippen molar-refractivity contribution in [2.75, 3.05) is 34.3 Å². The van der Waals surface area contributed by atoms with Gasteiger partial charge in [0, 0.05) is 44.0 Å². The minimum Gasteiger partial charge on any atom is -0.455 e. The quantitative estimate of drug-likeness (QED) is 0.312. The molecule has 0 aromatic carbocycles. The van der Waals surface area contributed by atoms with E-state index in [9.17, 15) is 24.3 Å². The first-order chi connectivity index (χ1) is 22.2. The summed E-state index contributed by atoms with van der Waals surface area (Å²) >= 11 is 0. The van der Waals surface area contributed by atoms with E-state index in [1.807, 2.05) is 25.9 Å². The van der Waals surface area contributed by atoms with Crippen molar-refractivity contribution in [3.05, 3.63) is 0 Å². The third kappa shape index (κ3) is 6.77. The van der Waals surface area contributed by atoms with E-state index in [-0.39, 0.29) is 36.8 Å². The summed E-state index contributed by atoms with van der Waals surface area (Å²) in [6.07, 6.45) is -5.12. The fraction of sp³-hybridized carbons (Fsp3) is 0.882. The fourth-order valence-electron chi connectivity index (χ4n) is 8.26. The SMILES string of the molecule is CC[C@@H]1OC(=O)C(C)(F)C(=O)[C@@H](C)[C@H](O[C@@H]2O[C@H](C)C[C@H](N(C)C)[C@@H]2O)C(C)(OC)C[C@H](C)C(=O)[C@H](C)[C@H]2N(C3CNC3)C(=O)OC12C. The molecule has 0 radical (unpaired) electrons. The lowest BCUT2D eigenvalue weighted by Crippen LogP contribution is -2.65. The average Bonchev–Trinajstić information content (AvgIpc) is 3.26. The van der Waals surface area contributed by atoms with Crippen molar-refractivity contribution in [1.29, 1.82) is 0 Å². The second-order valence-electron chi connectivity index (χ2n) is 15.1. The number of carbonyl (C=O) groups excluding carboxylic acids is 4. The molecule has 0 spiro atoms. The Morgan fingerprint density at radius 1 is 1.06 bits per heavy atom. The molecule has 3 unspecified atom stereocenters. The highest BCUT2D eigenvalue weighted by molar-refractivity contribution is 6.08. The van der Waals surface area contributed by atoms with Gasteiger partial charge >= 0.3 is 12.1 Å².